The first-order valence-corrected chi connectivity index (χ1v) is 8.16. The van der Waals surface area contributed by atoms with Crippen molar-refractivity contribution in [1.29, 1.82) is 0 Å². The predicted octanol–water partition coefficient (Wildman–Crippen LogP) is 4.24. The zero-order valence-electron chi connectivity index (χ0n) is 12.7. The molecule has 20 heavy (non-hydrogen) atoms. The molecule has 2 rings (SSSR count). The third-order valence-corrected chi connectivity index (χ3v) is 4.97. The van der Waals surface area contributed by atoms with Crippen LogP contribution < -0.4 is 5.73 Å². The molecule has 3 atom stereocenters. The second-order valence-corrected chi connectivity index (χ2v) is 6.73. The van der Waals surface area contributed by atoms with Crippen molar-refractivity contribution in [2.24, 2.45) is 11.7 Å². The molecule has 0 aromatic heterocycles. The van der Waals surface area contributed by atoms with E-state index in [9.17, 15) is 0 Å². The molecule has 112 valence electrons. The van der Waals surface area contributed by atoms with Crippen LogP contribution >= 0.6 is 11.6 Å². The molecular formula is C17H27ClN2. The highest BCUT2D eigenvalue weighted by Crippen LogP contribution is 2.28. The van der Waals surface area contributed by atoms with Crippen molar-refractivity contribution in [1.82, 2.24) is 4.90 Å². The van der Waals surface area contributed by atoms with Crippen LogP contribution in [0.15, 0.2) is 24.3 Å². The summed E-state index contributed by atoms with van der Waals surface area (Å²) in [4.78, 5) is 2.49. The van der Waals surface area contributed by atoms with E-state index in [-0.39, 0.29) is 6.04 Å². The van der Waals surface area contributed by atoms with E-state index in [1.807, 2.05) is 24.3 Å². The van der Waals surface area contributed by atoms with Gasteiger partial charge >= 0.3 is 0 Å². The number of halogens is 1. The van der Waals surface area contributed by atoms with Crippen LogP contribution in [0.3, 0.4) is 0 Å². The smallest absolute Gasteiger partial charge is 0.0453 e. The van der Waals surface area contributed by atoms with Crippen molar-refractivity contribution < 1.29 is 0 Å². The van der Waals surface area contributed by atoms with Gasteiger partial charge in [0.25, 0.3) is 0 Å². The van der Waals surface area contributed by atoms with E-state index in [2.05, 4.69) is 18.9 Å². The zero-order valence-corrected chi connectivity index (χ0v) is 13.4. The Labute approximate surface area is 128 Å². The standard InChI is InChI=1S/C17H27ClN2/c1-13-6-5-7-14(12-13)20(2)11-10-17(19)15-8-3-4-9-16(15)18/h3-4,8-9,13-14,17H,5-7,10-12,19H2,1-2H3. The second-order valence-electron chi connectivity index (χ2n) is 6.32. The maximum Gasteiger partial charge on any atom is 0.0453 e. The summed E-state index contributed by atoms with van der Waals surface area (Å²) in [6.07, 6.45) is 6.39. The molecule has 1 aromatic rings. The first kappa shape index (κ1) is 15.8. The van der Waals surface area contributed by atoms with Gasteiger partial charge < -0.3 is 10.6 Å². The molecule has 2 N–H and O–H groups in total. The summed E-state index contributed by atoms with van der Waals surface area (Å²) in [6.45, 7) is 3.42. The Balaban J connectivity index is 1.83. The third-order valence-electron chi connectivity index (χ3n) is 4.63. The van der Waals surface area contributed by atoms with Crippen molar-refractivity contribution in [2.75, 3.05) is 13.6 Å². The van der Waals surface area contributed by atoms with Crippen LogP contribution in [0.2, 0.25) is 5.02 Å². The Bertz CT molecular complexity index is 421. The fourth-order valence-electron chi connectivity index (χ4n) is 3.26. The molecule has 0 heterocycles. The van der Waals surface area contributed by atoms with Crippen LogP contribution in [-0.2, 0) is 0 Å². The van der Waals surface area contributed by atoms with E-state index in [1.165, 1.54) is 25.7 Å². The van der Waals surface area contributed by atoms with Gasteiger partial charge in [0.15, 0.2) is 0 Å². The van der Waals surface area contributed by atoms with Crippen molar-refractivity contribution in [3.63, 3.8) is 0 Å². The predicted molar refractivity (Wildman–Crippen MR) is 87.0 cm³/mol. The number of rotatable bonds is 5. The van der Waals surface area contributed by atoms with Crippen molar-refractivity contribution in [2.45, 2.75) is 51.1 Å². The van der Waals surface area contributed by atoms with Crippen LogP contribution in [0, 0.1) is 5.92 Å². The van der Waals surface area contributed by atoms with Crippen LogP contribution in [0.5, 0.6) is 0 Å². The van der Waals surface area contributed by atoms with Gasteiger partial charge in [0.2, 0.25) is 0 Å². The fraction of sp³-hybridized carbons (Fsp3) is 0.647. The molecule has 0 bridgehead atoms. The maximum absolute atomic E-state index is 6.29. The van der Waals surface area contributed by atoms with Gasteiger partial charge in [-0.15, -0.1) is 0 Å². The van der Waals surface area contributed by atoms with Crippen LogP contribution in [0.25, 0.3) is 0 Å². The lowest BCUT2D eigenvalue weighted by molar-refractivity contribution is 0.160. The molecule has 1 aromatic carbocycles. The van der Waals surface area contributed by atoms with E-state index in [0.29, 0.717) is 0 Å². The Morgan fingerprint density at radius 3 is 2.80 bits per heavy atom. The van der Waals surface area contributed by atoms with Gasteiger partial charge in [0.05, 0.1) is 0 Å². The summed E-state index contributed by atoms with van der Waals surface area (Å²) in [7, 11) is 2.24. The van der Waals surface area contributed by atoms with E-state index in [4.69, 9.17) is 17.3 Å². The van der Waals surface area contributed by atoms with Crippen LogP contribution in [0.1, 0.15) is 50.6 Å². The monoisotopic (exact) mass is 294 g/mol. The minimum Gasteiger partial charge on any atom is -0.324 e. The van der Waals surface area contributed by atoms with Crippen molar-refractivity contribution >= 4 is 11.6 Å². The highest BCUT2D eigenvalue weighted by Gasteiger charge is 2.22. The number of hydrogen-bond donors (Lipinski definition) is 1. The molecule has 0 aliphatic heterocycles. The summed E-state index contributed by atoms with van der Waals surface area (Å²) in [5.41, 5.74) is 7.36. The molecule has 1 saturated carbocycles. The lowest BCUT2D eigenvalue weighted by Crippen LogP contribution is -2.37. The first-order valence-electron chi connectivity index (χ1n) is 7.78. The molecule has 3 unspecified atom stereocenters. The van der Waals surface area contributed by atoms with E-state index < -0.39 is 0 Å². The topological polar surface area (TPSA) is 29.3 Å². The van der Waals surface area contributed by atoms with Gasteiger partial charge in [0.1, 0.15) is 0 Å². The molecule has 0 saturated heterocycles. The van der Waals surface area contributed by atoms with E-state index in [0.717, 1.165) is 35.5 Å². The SMILES string of the molecule is CC1CCCC(N(C)CCC(N)c2ccccc2Cl)C1. The average Bonchev–Trinajstić information content (AvgIpc) is 2.45. The van der Waals surface area contributed by atoms with E-state index in [1.54, 1.807) is 0 Å². The highest BCUT2D eigenvalue weighted by molar-refractivity contribution is 6.31. The van der Waals surface area contributed by atoms with Gasteiger partial charge in [-0.05, 0) is 50.4 Å². The minimum atomic E-state index is 0.0344. The Kier molecular flexibility index (Phi) is 5.88. The quantitative estimate of drug-likeness (QED) is 0.880. The van der Waals surface area contributed by atoms with Gasteiger partial charge in [-0.1, -0.05) is 49.6 Å². The summed E-state index contributed by atoms with van der Waals surface area (Å²) >= 11 is 6.21. The van der Waals surface area contributed by atoms with E-state index >= 15 is 0 Å². The van der Waals surface area contributed by atoms with Gasteiger partial charge in [-0.3, -0.25) is 0 Å². The average molecular weight is 295 g/mol. The minimum absolute atomic E-state index is 0.0344. The molecule has 1 aliphatic carbocycles. The fourth-order valence-corrected chi connectivity index (χ4v) is 3.53. The molecule has 1 aliphatic rings. The summed E-state index contributed by atoms with van der Waals surface area (Å²) < 4.78 is 0. The Hall–Kier alpha value is -0.570. The Morgan fingerprint density at radius 2 is 2.10 bits per heavy atom. The molecule has 2 nitrogen and oxygen atoms in total. The zero-order chi connectivity index (χ0) is 14.5. The second kappa shape index (κ2) is 7.44. The number of nitrogens with two attached hydrogens (primary N) is 1. The number of nitrogens with zero attached hydrogens (tertiary/aromatic N) is 1. The summed E-state index contributed by atoms with van der Waals surface area (Å²) in [5, 5.41) is 0.786. The van der Waals surface area contributed by atoms with Gasteiger partial charge in [-0.25, -0.2) is 0 Å². The van der Waals surface area contributed by atoms with Crippen LogP contribution in [0.4, 0.5) is 0 Å². The number of benzene rings is 1. The number of hydrogen-bond acceptors (Lipinski definition) is 2. The largest absolute Gasteiger partial charge is 0.324 e. The van der Waals surface area contributed by atoms with Crippen molar-refractivity contribution in [3.05, 3.63) is 34.9 Å². The third kappa shape index (κ3) is 4.21. The normalized spacial score (nSPS) is 24.9. The van der Waals surface area contributed by atoms with Crippen LogP contribution in [-0.4, -0.2) is 24.5 Å². The molecule has 1 fully saturated rings. The molecule has 3 heteroatoms. The maximum atomic E-state index is 6.29. The Morgan fingerprint density at radius 1 is 1.35 bits per heavy atom. The molecular weight excluding hydrogens is 268 g/mol. The summed E-state index contributed by atoms with van der Waals surface area (Å²) in [6, 6.07) is 8.69. The lowest BCUT2D eigenvalue weighted by Gasteiger charge is -2.34. The molecule has 0 radical (unpaired) electrons. The molecule has 0 spiro atoms. The van der Waals surface area contributed by atoms with Crippen molar-refractivity contribution in [3.8, 4) is 0 Å². The first-order chi connectivity index (χ1) is 9.58. The lowest BCUT2D eigenvalue weighted by atomic mass is 9.86. The van der Waals surface area contributed by atoms with Gasteiger partial charge in [-0.2, -0.15) is 0 Å². The summed E-state index contributed by atoms with van der Waals surface area (Å²) in [5.74, 6) is 0.869. The highest BCUT2D eigenvalue weighted by atomic mass is 35.5. The van der Waals surface area contributed by atoms with Gasteiger partial charge in [0, 0.05) is 17.1 Å². The molecule has 0 amide bonds.